The van der Waals surface area contributed by atoms with E-state index in [2.05, 4.69) is 28.7 Å². The first-order chi connectivity index (χ1) is 8.43. The van der Waals surface area contributed by atoms with Crippen LogP contribution in [-0.2, 0) is 0 Å². The van der Waals surface area contributed by atoms with Gasteiger partial charge in [-0.15, -0.1) is 0 Å². The van der Waals surface area contributed by atoms with Crippen molar-refractivity contribution in [1.82, 2.24) is 9.97 Å². The largest absolute Gasteiger partial charge is 0.481 e. The van der Waals surface area contributed by atoms with Gasteiger partial charge in [-0.05, 0) is 19.3 Å². The molecule has 1 rings (SSSR count). The molecule has 0 bridgehead atoms. The highest BCUT2D eigenvalue weighted by Gasteiger charge is 2.11. The molecule has 0 saturated heterocycles. The van der Waals surface area contributed by atoms with Gasteiger partial charge in [0.1, 0.15) is 11.6 Å². The lowest BCUT2D eigenvalue weighted by molar-refractivity contribution is 0.395. The maximum absolute atomic E-state index is 6.04. The molecule has 1 aromatic rings. The molecule has 0 amide bonds. The number of rotatable bonds is 6. The van der Waals surface area contributed by atoms with Crippen molar-refractivity contribution in [3.05, 3.63) is 11.9 Å². The molecule has 0 aliphatic heterocycles. The first kappa shape index (κ1) is 14.7. The van der Waals surface area contributed by atoms with Crippen molar-refractivity contribution in [1.29, 1.82) is 0 Å². The second kappa shape index (κ2) is 6.54. The molecule has 1 unspecified atom stereocenters. The fourth-order valence-corrected chi connectivity index (χ4v) is 1.62. The minimum atomic E-state index is 0.220. The standard InChI is InChI=1S/C13H24N4O/c1-9(2)11(14)6-7-17(4)12-8-13(18-5)16-10(3)15-12/h8-9,11H,6-7,14H2,1-5H3. The van der Waals surface area contributed by atoms with E-state index in [1.807, 2.05) is 20.0 Å². The Morgan fingerprint density at radius 3 is 2.61 bits per heavy atom. The molecule has 2 N–H and O–H groups in total. The number of hydrogen-bond donors (Lipinski definition) is 1. The molecule has 0 fully saturated rings. The van der Waals surface area contributed by atoms with Gasteiger partial charge in [-0.25, -0.2) is 4.98 Å². The summed E-state index contributed by atoms with van der Waals surface area (Å²) in [5.74, 6) is 2.68. The lowest BCUT2D eigenvalue weighted by atomic mass is 10.0. The minimum Gasteiger partial charge on any atom is -0.481 e. The number of ether oxygens (including phenoxy) is 1. The quantitative estimate of drug-likeness (QED) is 0.833. The van der Waals surface area contributed by atoms with E-state index in [1.54, 1.807) is 7.11 Å². The zero-order valence-corrected chi connectivity index (χ0v) is 12.0. The van der Waals surface area contributed by atoms with Crippen molar-refractivity contribution in [2.24, 2.45) is 11.7 Å². The van der Waals surface area contributed by atoms with Gasteiger partial charge in [0, 0.05) is 25.7 Å². The third-order valence-corrected chi connectivity index (χ3v) is 3.06. The smallest absolute Gasteiger partial charge is 0.218 e. The highest BCUT2D eigenvalue weighted by atomic mass is 16.5. The Labute approximate surface area is 109 Å². The molecule has 0 saturated carbocycles. The second-order valence-corrected chi connectivity index (χ2v) is 4.93. The summed E-state index contributed by atoms with van der Waals surface area (Å²) in [4.78, 5) is 10.7. The van der Waals surface area contributed by atoms with E-state index in [4.69, 9.17) is 10.5 Å². The Morgan fingerprint density at radius 1 is 1.39 bits per heavy atom. The second-order valence-electron chi connectivity index (χ2n) is 4.93. The van der Waals surface area contributed by atoms with Gasteiger partial charge >= 0.3 is 0 Å². The predicted octanol–water partition coefficient (Wildman–Crippen LogP) is 1.60. The summed E-state index contributed by atoms with van der Waals surface area (Å²) >= 11 is 0. The summed E-state index contributed by atoms with van der Waals surface area (Å²) in [7, 11) is 3.62. The van der Waals surface area contributed by atoms with Gasteiger partial charge in [0.25, 0.3) is 0 Å². The summed E-state index contributed by atoms with van der Waals surface area (Å²) in [6.07, 6.45) is 0.944. The molecule has 0 aliphatic rings. The van der Waals surface area contributed by atoms with Gasteiger partial charge in [-0.2, -0.15) is 4.98 Å². The third-order valence-electron chi connectivity index (χ3n) is 3.06. The highest BCUT2D eigenvalue weighted by Crippen LogP contribution is 2.16. The Morgan fingerprint density at radius 2 is 2.06 bits per heavy atom. The molecule has 0 spiro atoms. The normalized spacial score (nSPS) is 12.6. The van der Waals surface area contributed by atoms with Gasteiger partial charge in [0.2, 0.25) is 5.88 Å². The number of anilines is 1. The SMILES string of the molecule is COc1cc(N(C)CCC(N)C(C)C)nc(C)n1. The van der Waals surface area contributed by atoms with Crippen molar-refractivity contribution < 1.29 is 4.74 Å². The van der Waals surface area contributed by atoms with E-state index in [-0.39, 0.29) is 6.04 Å². The van der Waals surface area contributed by atoms with Gasteiger partial charge < -0.3 is 15.4 Å². The minimum absolute atomic E-state index is 0.220. The van der Waals surface area contributed by atoms with Crippen LogP contribution in [-0.4, -0.2) is 36.7 Å². The molecule has 0 aromatic carbocycles. The molecule has 18 heavy (non-hydrogen) atoms. The summed E-state index contributed by atoms with van der Waals surface area (Å²) in [5, 5.41) is 0. The van der Waals surface area contributed by atoms with Crippen LogP contribution in [0.3, 0.4) is 0 Å². The number of aryl methyl sites for hydroxylation is 1. The number of nitrogens with zero attached hydrogens (tertiary/aromatic N) is 3. The summed E-state index contributed by atoms with van der Waals surface area (Å²) < 4.78 is 5.15. The summed E-state index contributed by atoms with van der Waals surface area (Å²) in [6, 6.07) is 2.06. The Kier molecular flexibility index (Phi) is 5.34. The fourth-order valence-electron chi connectivity index (χ4n) is 1.62. The molecule has 1 heterocycles. The lowest BCUT2D eigenvalue weighted by Crippen LogP contribution is -2.32. The zero-order valence-electron chi connectivity index (χ0n) is 12.0. The monoisotopic (exact) mass is 252 g/mol. The van der Waals surface area contributed by atoms with E-state index in [9.17, 15) is 0 Å². The number of nitrogens with two attached hydrogens (primary N) is 1. The van der Waals surface area contributed by atoms with Crippen molar-refractivity contribution in [3.63, 3.8) is 0 Å². The van der Waals surface area contributed by atoms with Gasteiger partial charge in [0.15, 0.2) is 0 Å². The first-order valence-corrected chi connectivity index (χ1v) is 6.30. The lowest BCUT2D eigenvalue weighted by Gasteiger charge is -2.22. The van der Waals surface area contributed by atoms with Crippen LogP contribution in [0, 0.1) is 12.8 Å². The van der Waals surface area contributed by atoms with Crippen LogP contribution >= 0.6 is 0 Å². The van der Waals surface area contributed by atoms with Crippen molar-refractivity contribution >= 4 is 5.82 Å². The Bertz CT molecular complexity index is 381. The van der Waals surface area contributed by atoms with Crippen LogP contribution in [0.5, 0.6) is 5.88 Å². The van der Waals surface area contributed by atoms with E-state index in [0.717, 1.165) is 18.8 Å². The van der Waals surface area contributed by atoms with Crippen LogP contribution in [0.15, 0.2) is 6.07 Å². The topological polar surface area (TPSA) is 64.3 Å². The van der Waals surface area contributed by atoms with E-state index in [1.165, 1.54) is 0 Å². The van der Waals surface area contributed by atoms with Gasteiger partial charge in [-0.1, -0.05) is 13.8 Å². The van der Waals surface area contributed by atoms with E-state index < -0.39 is 0 Å². The van der Waals surface area contributed by atoms with Crippen LogP contribution in [0.25, 0.3) is 0 Å². The molecule has 0 aliphatic carbocycles. The molecule has 0 radical (unpaired) electrons. The van der Waals surface area contributed by atoms with Crippen molar-refractivity contribution in [2.45, 2.75) is 33.2 Å². The predicted molar refractivity (Wildman–Crippen MR) is 74.0 cm³/mol. The molecule has 1 atom stereocenters. The highest BCUT2D eigenvalue weighted by molar-refractivity contribution is 5.40. The van der Waals surface area contributed by atoms with Crippen LogP contribution in [0.4, 0.5) is 5.82 Å². The van der Waals surface area contributed by atoms with Crippen molar-refractivity contribution in [2.75, 3.05) is 25.6 Å². The zero-order chi connectivity index (χ0) is 13.7. The van der Waals surface area contributed by atoms with Crippen LogP contribution in [0.1, 0.15) is 26.1 Å². The average Bonchev–Trinajstić information content (AvgIpc) is 2.34. The Balaban J connectivity index is 2.66. The summed E-state index contributed by atoms with van der Waals surface area (Å²) in [5.41, 5.74) is 6.04. The maximum atomic E-state index is 6.04. The fraction of sp³-hybridized carbons (Fsp3) is 0.692. The van der Waals surface area contributed by atoms with Gasteiger partial charge in [0.05, 0.1) is 7.11 Å². The third kappa shape index (κ3) is 4.14. The molecule has 102 valence electrons. The number of methoxy groups -OCH3 is 1. The Hall–Kier alpha value is -1.36. The van der Waals surface area contributed by atoms with E-state index in [0.29, 0.717) is 17.6 Å². The van der Waals surface area contributed by atoms with Crippen LogP contribution < -0.4 is 15.4 Å². The molecule has 1 aromatic heterocycles. The van der Waals surface area contributed by atoms with Crippen molar-refractivity contribution in [3.8, 4) is 5.88 Å². The molecule has 5 heteroatoms. The average molecular weight is 252 g/mol. The number of aromatic nitrogens is 2. The maximum Gasteiger partial charge on any atom is 0.218 e. The molecule has 5 nitrogen and oxygen atoms in total. The van der Waals surface area contributed by atoms with Crippen LogP contribution in [0.2, 0.25) is 0 Å². The number of hydrogen-bond acceptors (Lipinski definition) is 5. The first-order valence-electron chi connectivity index (χ1n) is 6.30. The van der Waals surface area contributed by atoms with Gasteiger partial charge in [-0.3, -0.25) is 0 Å². The summed E-state index contributed by atoms with van der Waals surface area (Å²) in [6.45, 7) is 7.02. The van der Waals surface area contributed by atoms with E-state index >= 15 is 0 Å². The molecular formula is C13H24N4O. The molecular weight excluding hydrogens is 228 g/mol.